The molecule has 6 heteroatoms. The molecule has 1 aromatic rings. The van der Waals surface area contributed by atoms with E-state index in [-0.39, 0.29) is 5.56 Å². The molecule has 0 aliphatic rings. The summed E-state index contributed by atoms with van der Waals surface area (Å²) in [6.45, 7) is 1.99. The van der Waals surface area contributed by atoms with E-state index in [9.17, 15) is 9.59 Å². The van der Waals surface area contributed by atoms with E-state index in [1.54, 1.807) is 18.2 Å². The lowest BCUT2D eigenvalue weighted by molar-refractivity contribution is -0.138. The molecule has 0 spiro atoms. The highest BCUT2D eigenvalue weighted by Crippen LogP contribution is 2.25. The fourth-order valence-electron chi connectivity index (χ4n) is 1.75. The van der Waals surface area contributed by atoms with Crippen molar-refractivity contribution in [1.29, 1.82) is 0 Å². The van der Waals surface area contributed by atoms with Crippen molar-refractivity contribution < 1.29 is 14.7 Å². The highest BCUT2D eigenvalue weighted by molar-refractivity contribution is 9.10. The van der Waals surface area contributed by atoms with Gasteiger partial charge in [-0.2, -0.15) is 0 Å². The van der Waals surface area contributed by atoms with Crippen molar-refractivity contribution in [3.05, 3.63) is 28.2 Å². The molecule has 1 unspecified atom stereocenters. The molecule has 0 saturated heterocycles. The van der Waals surface area contributed by atoms with Crippen molar-refractivity contribution >= 4 is 33.5 Å². The summed E-state index contributed by atoms with van der Waals surface area (Å²) in [4.78, 5) is 22.6. The van der Waals surface area contributed by atoms with Crippen molar-refractivity contribution in [3.63, 3.8) is 0 Å². The number of hydrogen-bond donors (Lipinski definition) is 3. The molecule has 0 saturated carbocycles. The van der Waals surface area contributed by atoms with Crippen molar-refractivity contribution in [3.8, 4) is 0 Å². The number of hydrogen-bond acceptors (Lipinski definition) is 3. The monoisotopic (exact) mass is 328 g/mol. The Kier molecular flexibility index (Phi) is 5.82. The number of anilines is 1. The Hall–Kier alpha value is -1.56. The van der Waals surface area contributed by atoms with Crippen molar-refractivity contribution in [2.45, 2.75) is 32.2 Å². The van der Waals surface area contributed by atoms with Gasteiger partial charge in [0.25, 0.3) is 5.91 Å². The predicted octanol–water partition coefficient (Wildman–Crippen LogP) is 2.60. The SMILES string of the molecule is CCCCC(Nc1cccc(Br)c1C(N)=O)C(=O)O. The second kappa shape index (κ2) is 7.13. The lowest BCUT2D eigenvalue weighted by atomic mass is 10.1. The standard InChI is InChI=1S/C13H17BrN2O3/c1-2-3-6-10(13(18)19)16-9-7-4-5-8(14)11(9)12(15)17/h4-5,7,10,16H,2-3,6H2,1H3,(H2,15,17)(H,18,19). The van der Waals surface area contributed by atoms with Gasteiger partial charge in [0, 0.05) is 10.2 Å². The number of carbonyl (C=O) groups is 2. The Bertz CT molecular complexity index is 477. The van der Waals surface area contributed by atoms with Gasteiger partial charge < -0.3 is 16.2 Å². The van der Waals surface area contributed by atoms with Crippen LogP contribution in [0.3, 0.4) is 0 Å². The van der Waals surface area contributed by atoms with E-state index in [2.05, 4.69) is 21.2 Å². The maximum absolute atomic E-state index is 11.4. The van der Waals surface area contributed by atoms with Crippen molar-refractivity contribution in [2.75, 3.05) is 5.32 Å². The second-order valence-corrected chi connectivity index (χ2v) is 5.06. The van der Waals surface area contributed by atoms with E-state index in [0.29, 0.717) is 16.6 Å². The minimum Gasteiger partial charge on any atom is -0.480 e. The molecule has 1 atom stereocenters. The zero-order valence-corrected chi connectivity index (χ0v) is 12.2. The molecule has 0 fully saturated rings. The summed E-state index contributed by atoms with van der Waals surface area (Å²) in [7, 11) is 0. The number of halogens is 1. The molecule has 4 N–H and O–H groups in total. The molecule has 1 aromatic carbocycles. The third kappa shape index (κ3) is 4.24. The zero-order chi connectivity index (χ0) is 14.4. The minimum absolute atomic E-state index is 0.269. The van der Waals surface area contributed by atoms with Crippen LogP contribution in [0, 0.1) is 0 Å². The van der Waals surface area contributed by atoms with Gasteiger partial charge in [-0.25, -0.2) is 4.79 Å². The van der Waals surface area contributed by atoms with Crippen LogP contribution in [0.5, 0.6) is 0 Å². The van der Waals surface area contributed by atoms with Crippen LogP contribution in [0.4, 0.5) is 5.69 Å². The fourth-order valence-corrected chi connectivity index (χ4v) is 2.31. The number of primary amides is 1. The quantitative estimate of drug-likeness (QED) is 0.717. The number of carbonyl (C=O) groups excluding carboxylic acids is 1. The Morgan fingerprint density at radius 3 is 2.68 bits per heavy atom. The number of rotatable bonds is 7. The van der Waals surface area contributed by atoms with Gasteiger partial charge in [-0.1, -0.05) is 25.8 Å². The fraction of sp³-hybridized carbons (Fsp3) is 0.385. The summed E-state index contributed by atoms with van der Waals surface area (Å²) >= 11 is 3.24. The normalized spacial score (nSPS) is 11.9. The van der Waals surface area contributed by atoms with Crippen LogP contribution in [0.25, 0.3) is 0 Å². The number of benzene rings is 1. The van der Waals surface area contributed by atoms with Gasteiger partial charge in [-0.3, -0.25) is 4.79 Å². The number of carboxylic acids is 1. The van der Waals surface area contributed by atoms with Gasteiger partial charge in [0.05, 0.1) is 5.56 Å². The van der Waals surface area contributed by atoms with E-state index in [1.165, 1.54) is 0 Å². The molecule has 5 nitrogen and oxygen atoms in total. The largest absolute Gasteiger partial charge is 0.480 e. The topological polar surface area (TPSA) is 92.4 Å². The number of nitrogens with one attached hydrogen (secondary N) is 1. The van der Waals surface area contributed by atoms with E-state index in [0.717, 1.165) is 12.8 Å². The number of aliphatic carboxylic acids is 1. The van der Waals surface area contributed by atoms with Gasteiger partial charge in [0.15, 0.2) is 0 Å². The summed E-state index contributed by atoms with van der Waals surface area (Å²) < 4.78 is 0.546. The molecule has 19 heavy (non-hydrogen) atoms. The van der Waals surface area contributed by atoms with Crippen LogP contribution < -0.4 is 11.1 Å². The lowest BCUT2D eigenvalue weighted by Gasteiger charge is -2.17. The maximum Gasteiger partial charge on any atom is 0.326 e. The van der Waals surface area contributed by atoms with Crippen LogP contribution >= 0.6 is 15.9 Å². The third-order valence-electron chi connectivity index (χ3n) is 2.73. The molecule has 0 aliphatic carbocycles. The summed E-state index contributed by atoms with van der Waals surface area (Å²) in [5, 5.41) is 12.0. The van der Waals surface area contributed by atoms with Crippen LogP contribution in [-0.2, 0) is 4.79 Å². The van der Waals surface area contributed by atoms with Gasteiger partial charge in [0.1, 0.15) is 6.04 Å². The Morgan fingerprint density at radius 2 is 2.16 bits per heavy atom. The van der Waals surface area contributed by atoms with E-state index < -0.39 is 17.9 Å². The van der Waals surface area contributed by atoms with Crippen LogP contribution in [0.15, 0.2) is 22.7 Å². The second-order valence-electron chi connectivity index (χ2n) is 4.20. The first-order valence-electron chi connectivity index (χ1n) is 6.05. The van der Waals surface area contributed by atoms with Crippen LogP contribution in [-0.4, -0.2) is 23.0 Å². The molecule has 0 bridgehead atoms. The highest BCUT2D eigenvalue weighted by Gasteiger charge is 2.20. The maximum atomic E-state index is 11.4. The number of nitrogens with two attached hydrogens (primary N) is 1. The van der Waals surface area contributed by atoms with Crippen molar-refractivity contribution in [1.82, 2.24) is 0 Å². The zero-order valence-electron chi connectivity index (χ0n) is 10.6. The predicted molar refractivity (Wildman–Crippen MR) is 77.2 cm³/mol. The number of unbranched alkanes of at least 4 members (excludes halogenated alkanes) is 1. The molecule has 104 valence electrons. The lowest BCUT2D eigenvalue weighted by Crippen LogP contribution is -2.30. The van der Waals surface area contributed by atoms with Gasteiger partial charge in [-0.15, -0.1) is 0 Å². The minimum atomic E-state index is -0.941. The summed E-state index contributed by atoms with van der Waals surface area (Å²) in [5.41, 5.74) is 6.02. The van der Waals surface area contributed by atoms with E-state index in [4.69, 9.17) is 10.8 Å². The molecule has 1 rings (SSSR count). The molecular formula is C13H17BrN2O3. The first kappa shape index (κ1) is 15.5. The molecule has 0 radical (unpaired) electrons. The Balaban J connectivity index is 2.99. The third-order valence-corrected chi connectivity index (χ3v) is 3.40. The summed E-state index contributed by atoms with van der Waals surface area (Å²) in [5.74, 6) is -1.54. The molecule has 1 amide bonds. The Labute approximate surface area is 120 Å². The first-order valence-corrected chi connectivity index (χ1v) is 6.84. The number of amides is 1. The molecule has 0 heterocycles. The summed E-state index contributed by atoms with van der Waals surface area (Å²) in [6.07, 6.45) is 2.20. The van der Waals surface area contributed by atoms with Crippen LogP contribution in [0.2, 0.25) is 0 Å². The first-order chi connectivity index (χ1) is 8.97. The molecular weight excluding hydrogens is 312 g/mol. The van der Waals surface area contributed by atoms with E-state index in [1.807, 2.05) is 6.92 Å². The average molecular weight is 329 g/mol. The molecule has 0 aromatic heterocycles. The smallest absolute Gasteiger partial charge is 0.326 e. The Morgan fingerprint density at radius 1 is 1.47 bits per heavy atom. The van der Waals surface area contributed by atoms with Crippen molar-refractivity contribution in [2.24, 2.45) is 5.73 Å². The van der Waals surface area contributed by atoms with Gasteiger partial charge in [-0.05, 0) is 34.5 Å². The van der Waals surface area contributed by atoms with Gasteiger partial charge >= 0.3 is 5.97 Å². The van der Waals surface area contributed by atoms with Gasteiger partial charge in [0.2, 0.25) is 0 Å². The van der Waals surface area contributed by atoms with Crippen LogP contribution in [0.1, 0.15) is 36.5 Å². The molecule has 0 aliphatic heterocycles. The number of carboxylic acid groups (broad SMARTS) is 1. The average Bonchev–Trinajstić information content (AvgIpc) is 2.33. The highest BCUT2D eigenvalue weighted by atomic mass is 79.9. The van der Waals surface area contributed by atoms with E-state index >= 15 is 0 Å². The summed E-state index contributed by atoms with van der Waals surface area (Å²) in [6, 6.07) is 4.32.